The maximum Gasteiger partial charge on any atom is 0.238 e. The van der Waals surface area contributed by atoms with Crippen LogP contribution in [0.3, 0.4) is 0 Å². The molecule has 8 heteroatoms. The van der Waals surface area contributed by atoms with E-state index >= 15 is 0 Å². The van der Waals surface area contributed by atoms with E-state index in [9.17, 15) is 13.5 Å². The van der Waals surface area contributed by atoms with Gasteiger partial charge in [-0.25, -0.2) is 8.42 Å². The highest BCUT2D eigenvalue weighted by molar-refractivity contribution is 7.91. The molecule has 20 heavy (non-hydrogen) atoms. The van der Waals surface area contributed by atoms with Crippen LogP contribution in [0.4, 0.5) is 5.69 Å². The second kappa shape index (κ2) is 5.41. The maximum atomic E-state index is 12.0. The minimum absolute atomic E-state index is 0.00443. The fraction of sp³-hybridized carbons (Fsp3) is 0.250. The molecule has 0 amide bonds. The number of ether oxygens (including phenoxy) is 1. The number of aromatic hydroxyl groups is 1. The van der Waals surface area contributed by atoms with Crippen molar-refractivity contribution in [1.82, 2.24) is 5.16 Å². The summed E-state index contributed by atoms with van der Waals surface area (Å²) in [4.78, 5) is 0. The van der Waals surface area contributed by atoms with Crippen LogP contribution in [0.1, 0.15) is 11.5 Å². The van der Waals surface area contributed by atoms with E-state index in [-0.39, 0.29) is 28.6 Å². The Hall–Kier alpha value is -2.22. The van der Waals surface area contributed by atoms with E-state index in [1.165, 1.54) is 25.3 Å². The SMILES string of the molecule is COc1cccc(O)c1NS(=O)(=O)Cc1cc(C)on1. The van der Waals surface area contributed by atoms with Gasteiger partial charge in [-0.05, 0) is 19.1 Å². The monoisotopic (exact) mass is 298 g/mol. The Balaban J connectivity index is 2.24. The second-order valence-corrected chi connectivity index (χ2v) is 5.87. The van der Waals surface area contributed by atoms with Gasteiger partial charge in [-0.3, -0.25) is 4.72 Å². The highest BCUT2D eigenvalue weighted by Crippen LogP contribution is 2.34. The van der Waals surface area contributed by atoms with Crippen molar-refractivity contribution in [1.29, 1.82) is 0 Å². The summed E-state index contributed by atoms with van der Waals surface area (Å²) < 4.78 is 36.2. The lowest BCUT2D eigenvalue weighted by atomic mass is 10.3. The zero-order chi connectivity index (χ0) is 14.8. The van der Waals surface area contributed by atoms with Gasteiger partial charge < -0.3 is 14.4 Å². The number of anilines is 1. The number of methoxy groups -OCH3 is 1. The Morgan fingerprint density at radius 1 is 1.45 bits per heavy atom. The Bertz CT molecular complexity index is 708. The number of hydrogen-bond acceptors (Lipinski definition) is 6. The maximum absolute atomic E-state index is 12.0. The topological polar surface area (TPSA) is 102 Å². The molecular weight excluding hydrogens is 284 g/mol. The Labute approximate surface area is 116 Å². The number of para-hydroxylation sites is 1. The molecule has 0 aliphatic rings. The molecule has 1 aromatic heterocycles. The molecule has 0 saturated heterocycles. The van der Waals surface area contributed by atoms with E-state index in [0.29, 0.717) is 5.76 Å². The lowest BCUT2D eigenvalue weighted by molar-refractivity contribution is 0.392. The van der Waals surface area contributed by atoms with Crippen molar-refractivity contribution in [2.24, 2.45) is 0 Å². The number of hydrogen-bond donors (Lipinski definition) is 2. The average molecular weight is 298 g/mol. The third-order valence-corrected chi connectivity index (χ3v) is 3.69. The standard InChI is InChI=1S/C12H14N2O5S/c1-8-6-9(13-19-8)7-20(16,17)14-12-10(15)4-3-5-11(12)18-2/h3-6,14-15H,7H2,1-2H3. The normalized spacial score (nSPS) is 11.3. The molecule has 0 fully saturated rings. The lowest BCUT2D eigenvalue weighted by Crippen LogP contribution is -2.16. The molecule has 2 N–H and O–H groups in total. The van der Waals surface area contributed by atoms with Crippen molar-refractivity contribution < 1.29 is 22.8 Å². The van der Waals surface area contributed by atoms with Crippen molar-refractivity contribution in [3.8, 4) is 11.5 Å². The fourth-order valence-corrected chi connectivity index (χ4v) is 2.78. The van der Waals surface area contributed by atoms with Gasteiger partial charge >= 0.3 is 0 Å². The summed E-state index contributed by atoms with van der Waals surface area (Å²) in [5.74, 6) is 0.173. The van der Waals surface area contributed by atoms with Crippen molar-refractivity contribution in [3.63, 3.8) is 0 Å². The van der Waals surface area contributed by atoms with Gasteiger partial charge in [0.1, 0.15) is 34.4 Å². The average Bonchev–Trinajstić information content (AvgIpc) is 2.76. The molecule has 7 nitrogen and oxygen atoms in total. The largest absolute Gasteiger partial charge is 0.506 e. The van der Waals surface area contributed by atoms with Crippen LogP contribution in [0.5, 0.6) is 11.5 Å². The minimum atomic E-state index is -3.74. The summed E-state index contributed by atoms with van der Waals surface area (Å²) in [5, 5.41) is 13.3. The number of sulfonamides is 1. The summed E-state index contributed by atoms with van der Waals surface area (Å²) in [5.41, 5.74) is 0.277. The number of phenolic OH excluding ortho intramolecular Hbond substituents is 1. The summed E-state index contributed by atoms with van der Waals surface area (Å²) in [6.45, 7) is 1.67. The van der Waals surface area contributed by atoms with Gasteiger partial charge in [0.25, 0.3) is 0 Å². The number of rotatable bonds is 5. The molecule has 2 aromatic rings. The first-order valence-electron chi connectivity index (χ1n) is 5.70. The van der Waals surface area contributed by atoms with E-state index in [1.54, 1.807) is 13.0 Å². The van der Waals surface area contributed by atoms with Crippen LogP contribution in [-0.4, -0.2) is 25.8 Å². The zero-order valence-corrected chi connectivity index (χ0v) is 11.8. The smallest absolute Gasteiger partial charge is 0.238 e. The molecule has 1 aromatic carbocycles. The molecule has 0 spiro atoms. The van der Waals surface area contributed by atoms with Crippen LogP contribution >= 0.6 is 0 Å². The number of nitrogens with one attached hydrogen (secondary N) is 1. The van der Waals surface area contributed by atoms with Crippen molar-refractivity contribution >= 4 is 15.7 Å². The zero-order valence-electron chi connectivity index (χ0n) is 11.0. The van der Waals surface area contributed by atoms with E-state index in [2.05, 4.69) is 9.88 Å². The highest BCUT2D eigenvalue weighted by atomic mass is 32.2. The first-order chi connectivity index (χ1) is 9.41. The van der Waals surface area contributed by atoms with E-state index in [0.717, 1.165) is 0 Å². The molecule has 0 unspecified atom stereocenters. The quantitative estimate of drug-likeness (QED) is 0.814. The molecule has 108 valence electrons. The predicted molar refractivity (Wildman–Crippen MR) is 72.1 cm³/mol. The summed E-state index contributed by atoms with van der Waals surface area (Å²) in [7, 11) is -2.36. The van der Waals surface area contributed by atoms with Gasteiger partial charge in [-0.1, -0.05) is 11.2 Å². The second-order valence-electron chi connectivity index (χ2n) is 4.14. The third kappa shape index (κ3) is 3.21. The summed E-state index contributed by atoms with van der Waals surface area (Å²) in [6.07, 6.45) is 0. The lowest BCUT2D eigenvalue weighted by Gasteiger charge is -2.12. The first kappa shape index (κ1) is 14.2. The molecule has 2 rings (SSSR count). The number of phenols is 1. The minimum Gasteiger partial charge on any atom is -0.506 e. The molecule has 0 radical (unpaired) electrons. The Kier molecular flexibility index (Phi) is 3.84. The molecule has 0 bridgehead atoms. The molecule has 0 aliphatic carbocycles. The Morgan fingerprint density at radius 3 is 2.80 bits per heavy atom. The van der Waals surface area contributed by atoms with Crippen LogP contribution < -0.4 is 9.46 Å². The molecular formula is C12H14N2O5S. The number of benzene rings is 1. The highest BCUT2D eigenvalue weighted by Gasteiger charge is 2.19. The molecule has 0 atom stereocenters. The van der Waals surface area contributed by atoms with E-state index < -0.39 is 10.0 Å². The molecule has 1 heterocycles. The van der Waals surface area contributed by atoms with Gasteiger partial charge in [0, 0.05) is 6.07 Å². The third-order valence-electron chi connectivity index (χ3n) is 2.50. The number of aryl methyl sites for hydroxylation is 1. The Morgan fingerprint density at radius 2 is 2.20 bits per heavy atom. The van der Waals surface area contributed by atoms with E-state index in [4.69, 9.17) is 9.26 Å². The van der Waals surface area contributed by atoms with Gasteiger partial charge in [-0.2, -0.15) is 0 Å². The van der Waals surface area contributed by atoms with Gasteiger partial charge in [0.2, 0.25) is 10.0 Å². The fourth-order valence-electron chi connectivity index (χ4n) is 1.66. The predicted octanol–water partition coefficient (Wildman–Crippen LogP) is 1.64. The van der Waals surface area contributed by atoms with Crippen LogP contribution in [-0.2, 0) is 15.8 Å². The molecule has 0 saturated carbocycles. The van der Waals surface area contributed by atoms with Crippen molar-refractivity contribution in [2.75, 3.05) is 11.8 Å². The summed E-state index contributed by atoms with van der Waals surface area (Å²) >= 11 is 0. The van der Waals surface area contributed by atoms with Gasteiger partial charge in [0.15, 0.2) is 0 Å². The number of nitrogens with zero attached hydrogens (tertiary/aromatic N) is 1. The molecule has 0 aliphatic heterocycles. The first-order valence-corrected chi connectivity index (χ1v) is 7.35. The van der Waals surface area contributed by atoms with Gasteiger partial charge in [-0.15, -0.1) is 0 Å². The van der Waals surface area contributed by atoms with Crippen LogP contribution in [0.2, 0.25) is 0 Å². The van der Waals surface area contributed by atoms with Gasteiger partial charge in [0.05, 0.1) is 7.11 Å². The van der Waals surface area contributed by atoms with Crippen molar-refractivity contribution in [3.05, 3.63) is 35.7 Å². The van der Waals surface area contributed by atoms with Crippen molar-refractivity contribution in [2.45, 2.75) is 12.7 Å². The summed E-state index contributed by atoms with van der Waals surface area (Å²) in [6, 6.07) is 5.98. The van der Waals surface area contributed by atoms with Crippen LogP contribution in [0.15, 0.2) is 28.8 Å². The van der Waals surface area contributed by atoms with E-state index in [1.807, 2.05) is 0 Å². The van der Waals surface area contributed by atoms with Crippen LogP contribution in [0, 0.1) is 6.92 Å². The number of aromatic nitrogens is 1. The van der Waals surface area contributed by atoms with Crippen LogP contribution in [0.25, 0.3) is 0 Å².